The second kappa shape index (κ2) is 25.1. The zero-order chi connectivity index (χ0) is 32.5. The molecule has 0 aliphatic carbocycles. The van der Waals surface area contributed by atoms with Gasteiger partial charge in [0.05, 0.1) is 6.10 Å². The Morgan fingerprint density at radius 2 is 1.58 bits per heavy atom. The highest BCUT2D eigenvalue weighted by molar-refractivity contribution is 8.00. The Bertz CT molecular complexity index is 982. The molecule has 0 radical (unpaired) electrons. The highest BCUT2D eigenvalue weighted by Crippen LogP contribution is 2.22. The van der Waals surface area contributed by atoms with Crippen molar-refractivity contribution in [3.05, 3.63) is 48.6 Å². The second-order valence-electron chi connectivity index (χ2n) is 9.77. The Morgan fingerprint density at radius 1 is 0.860 bits per heavy atom. The lowest BCUT2D eigenvalue weighted by Gasteiger charge is -2.23. The van der Waals surface area contributed by atoms with E-state index in [2.05, 4.69) is 29.7 Å². The lowest BCUT2D eigenvalue weighted by Crippen LogP contribution is -2.50. The Balaban J connectivity index is 5.38. The molecule has 0 aromatic heterocycles. The standard InChI is InChI=1S/C30H47N3O9S/c1-2-3-4-5-6-7-8-9-10-11-12-13-16-25(24(34)15-14-17-27(36)37)43-21-23(29(40)32-20-28(38)39)33-26(35)19-18-22(31)30(41)42/h6-7,9-13,16,22-25,34H,2-5,8,14-15,17-21,31H2,1H3,(H,32,40)(H,33,35)(H,36,37)(H,38,39)(H,41,42)/b7-6?,10-9?,12-11+,16-13+/t22-,23-,24-,25+/m0/s1. The number of hydrogen-bond acceptors (Lipinski definition) is 8. The fourth-order valence-electron chi connectivity index (χ4n) is 3.54. The molecule has 8 N–H and O–H groups in total. The third kappa shape index (κ3) is 22.8. The van der Waals surface area contributed by atoms with Crippen molar-refractivity contribution in [1.29, 1.82) is 0 Å². The van der Waals surface area contributed by atoms with Gasteiger partial charge < -0.3 is 36.8 Å². The van der Waals surface area contributed by atoms with Crippen molar-refractivity contribution in [2.24, 2.45) is 5.73 Å². The number of unbranched alkanes of at least 4 members (excludes halogenated alkanes) is 3. The van der Waals surface area contributed by atoms with Crippen LogP contribution in [0.2, 0.25) is 0 Å². The molecular weight excluding hydrogens is 578 g/mol. The molecular formula is C30H47N3O9S. The number of aliphatic carboxylic acids is 3. The molecule has 242 valence electrons. The second-order valence-corrected chi connectivity index (χ2v) is 11.0. The van der Waals surface area contributed by atoms with Crippen LogP contribution in [0.4, 0.5) is 0 Å². The van der Waals surface area contributed by atoms with Gasteiger partial charge in [-0.05, 0) is 38.5 Å². The van der Waals surface area contributed by atoms with Crippen LogP contribution in [0.25, 0.3) is 0 Å². The molecule has 0 aromatic rings. The molecule has 0 aliphatic rings. The van der Waals surface area contributed by atoms with E-state index in [0.717, 1.165) is 24.6 Å². The van der Waals surface area contributed by atoms with Crippen LogP contribution in [0.3, 0.4) is 0 Å². The Morgan fingerprint density at radius 3 is 2.23 bits per heavy atom. The highest BCUT2D eigenvalue weighted by atomic mass is 32.2. The maximum Gasteiger partial charge on any atom is 0.322 e. The van der Waals surface area contributed by atoms with E-state index in [4.69, 9.17) is 21.1 Å². The van der Waals surface area contributed by atoms with Crippen molar-refractivity contribution in [2.75, 3.05) is 12.3 Å². The van der Waals surface area contributed by atoms with Crippen LogP contribution in [-0.4, -0.2) is 85.9 Å². The van der Waals surface area contributed by atoms with Crippen molar-refractivity contribution in [1.82, 2.24) is 10.6 Å². The summed E-state index contributed by atoms with van der Waals surface area (Å²) in [6.07, 6.45) is 19.5. The summed E-state index contributed by atoms with van der Waals surface area (Å²) in [7, 11) is 0. The SMILES string of the molecule is CCCCCC=CCC=C/C=C/C=C/[C@@H](SC[C@H](NC(=O)CC[C@H](N)C(=O)O)C(=O)NCC(=O)O)[C@@H](O)CCCC(=O)O. The van der Waals surface area contributed by atoms with E-state index < -0.39 is 59.7 Å². The summed E-state index contributed by atoms with van der Waals surface area (Å²) < 4.78 is 0. The molecule has 0 saturated carbocycles. The minimum Gasteiger partial charge on any atom is -0.481 e. The van der Waals surface area contributed by atoms with Crippen LogP contribution in [0, 0.1) is 0 Å². The number of aliphatic hydroxyl groups excluding tert-OH is 1. The molecule has 0 heterocycles. The number of aliphatic hydroxyl groups is 1. The molecule has 0 spiro atoms. The fourth-order valence-corrected chi connectivity index (χ4v) is 4.75. The van der Waals surface area contributed by atoms with Crippen LogP contribution in [0.15, 0.2) is 48.6 Å². The predicted molar refractivity (Wildman–Crippen MR) is 166 cm³/mol. The van der Waals surface area contributed by atoms with Gasteiger partial charge in [0, 0.05) is 23.8 Å². The number of rotatable bonds is 25. The number of hydrogen-bond donors (Lipinski definition) is 7. The third-order valence-electron chi connectivity index (χ3n) is 5.97. The molecule has 4 atom stereocenters. The first-order valence-corrected chi connectivity index (χ1v) is 15.5. The molecule has 13 heteroatoms. The smallest absolute Gasteiger partial charge is 0.322 e. The molecule has 0 aliphatic heterocycles. The molecule has 43 heavy (non-hydrogen) atoms. The molecule has 0 aromatic carbocycles. The number of carbonyl (C=O) groups is 5. The average Bonchev–Trinajstić information content (AvgIpc) is 2.95. The number of thioether (sulfide) groups is 1. The summed E-state index contributed by atoms with van der Waals surface area (Å²) in [5, 5.41) is 41.6. The lowest BCUT2D eigenvalue weighted by atomic mass is 10.1. The first kappa shape index (κ1) is 39.6. The van der Waals surface area contributed by atoms with Gasteiger partial charge >= 0.3 is 17.9 Å². The van der Waals surface area contributed by atoms with E-state index >= 15 is 0 Å². The maximum absolute atomic E-state index is 12.6. The van der Waals surface area contributed by atoms with Crippen molar-refractivity contribution < 1.29 is 44.4 Å². The number of amides is 2. The Labute approximate surface area is 257 Å². The summed E-state index contributed by atoms with van der Waals surface area (Å²) in [5.41, 5.74) is 5.43. The quantitative estimate of drug-likeness (QED) is 0.0444. The Hall–Kier alpha value is -3.42. The minimum absolute atomic E-state index is 0.0542. The molecule has 12 nitrogen and oxygen atoms in total. The molecule has 0 unspecified atom stereocenters. The van der Waals surface area contributed by atoms with Gasteiger partial charge in [0.2, 0.25) is 11.8 Å². The zero-order valence-corrected chi connectivity index (χ0v) is 25.5. The summed E-state index contributed by atoms with van der Waals surface area (Å²) in [6.45, 7) is 1.49. The molecule has 0 saturated heterocycles. The number of nitrogens with two attached hydrogens (primary N) is 1. The number of carboxylic acids is 3. The van der Waals surface area contributed by atoms with Crippen molar-refractivity contribution in [3.8, 4) is 0 Å². The maximum atomic E-state index is 12.6. The predicted octanol–water partition coefficient (Wildman–Crippen LogP) is 2.78. The summed E-state index contributed by atoms with van der Waals surface area (Å²) >= 11 is 1.13. The highest BCUT2D eigenvalue weighted by Gasteiger charge is 2.25. The van der Waals surface area contributed by atoms with Gasteiger partial charge in [-0.1, -0.05) is 68.4 Å². The molecule has 0 fully saturated rings. The normalized spacial score (nSPS) is 14.7. The van der Waals surface area contributed by atoms with Gasteiger partial charge in [-0.2, -0.15) is 0 Å². The summed E-state index contributed by atoms with van der Waals surface area (Å²) in [5.74, 6) is -5.01. The average molecular weight is 626 g/mol. The van der Waals surface area contributed by atoms with Gasteiger partial charge in [0.1, 0.15) is 18.6 Å². The summed E-state index contributed by atoms with van der Waals surface area (Å²) in [6, 6.07) is -2.45. The van der Waals surface area contributed by atoms with Crippen LogP contribution >= 0.6 is 11.8 Å². The number of nitrogens with one attached hydrogen (secondary N) is 2. The number of carbonyl (C=O) groups excluding carboxylic acids is 2. The lowest BCUT2D eigenvalue weighted by molar-refractivity contribution is -0.139. The van der Waals surface area contributed by atoms with Crippen LogP contribution in [0.1, 0.15) is 71.1 Å². The Kier molecular flexibility index (Phi) is 23.1. The third-order valence-corrected chi connectivity index (χ3v) is 7.36. The van der Waals surface area contributed by atoms with Crippen LogP contribution in [0.5, 0.6) is 0 Å². The van der Waals surface area contributed by atoms with Gasteiger partial charge in [-0.25, -0.2) is 0 Å². The van der Waals surface area contributed by atoms with E-state index in [1.165, 1.54) is 19.3 Å². The number of carboxylic acid groups (broad SMARTS) is 3. The topological polar surface area (TPSA) is 216 Å². The van der Waals surface area contributed by atoms with Crippen molar-refractivity contribution >= 4 is 41.5 Å². The van der Waals surface area contributed by atoms with Crippen molar-refractivity contribution in [3.63, 3.8) is 0 Å². The molecule has 0 rings (SSSR count). The van der Waals surface area contributed by atoms with Crippen LogP contribution in [-0.2, 0) is 24.0 Å². The van der Waals surface area contributed by atoms with Crippen LogP contribution < -0.4 is 16.4 Å². The summed E-state index contributed by atoms with van der Waals surface area (Å²) in [4.78, 5) is 57.8. The first-order valence-electron chi connectivity index (χ1n) is 14.4. The van der Waals surface area contributed by atoms with Gasteiger partial charge in [0.25, 0.3) is 0 Å². The van der Waals surface area contributed by atoms with Gasteiger partial charge in [0.15, 0.2) is 0 Å². The fraction of sp³-hybridized carbons (Fsp3) is 0.567. The van der Waals surface area contributed by atoms with Gasteiger partial charge in [-0.3, -0.25) is 24.0 Å². The number of allylic oxidation sites excluding steroid dienone is 7. The van der Waals surface area contributed by atoms with E-state index in [9.17, 15) is 29.1 Å². The molecule has 0 bridgehead atoms. The first-order chi connectivity index (χ1) is 20.5. The van der Waals surface area contributed by atoms with E-state index in [-0.39, 0.29) is 37.9 Å². The van der Waals surface area contributed by atoms with E-state index in [1.807, 2.05) is 18.2 Å². The zero-order valence-electron chi connectivity index (χ0n) is 24.7. The van der Waals surface area contributed by atoms with E-state index in [1.54, 1.807) is 18.2 Å². The van der Waals surface area contributed by atoms with E-state index in [0.29, 0.717) is 0 Å². The minimum atomic E-state index is -1.28. The monoisotopic (exact) mass is 625 g/mol. The van der Waals surface area contributed by atoms with Gasteiger partial charge in [-0.15, -0.1) is 11.8 Å². The largest absolute Gasteiger partial charge is 0.481 e. The molecule has 2 amide bonds. The van der Waals surface area contributed by atoms with Crippen molar-refractivity contribution in [2.45, 2.75) is 94.6 Å².